The summed E-state index contributed by atoms with van der Waals surface area (Å²) >= 11 is 0. The Bertz CT molecular complexity index is 613. The maximum atomic E-state index is 12.6. The number of carbonyl (C=O) groups is 1. The number of aromatic amines is 1. The van der Waals surface area contributed by atoms with Crippen LogP contribution in [0.2, 0.25) is 0 Å². The van der Waals surface area contributed by atoms with Crippen molar-refractivity contribution in [2.45, 2.75) is 25.3 Å². The Morgan fingerprint density at radius 2 is 2.39 bits per heavy atom. The Morgan fingerprint density at radius 3 is 3.13 bits per heavy atom. The molecule has 0 saturated carbocycles. The van der Waals surface area contributed by atoms with E-state index in [0.717, 1.165) is 43.9 Å². The van der Waals surface area contributed by atoms with E-state index in [0.29, 0.717) is 12.5 Å². The molecule has 1 aliphatic heterocycles. The first kappa shape index (κ1) is 15.7. The van der Waals surface area contributed by atoms with Crippen LogP contribution in [0, 0.1) is 0 Å². The van der Waals surface area contributed by atoms with Crippen LogP contribution in [0.5, 0.6) is 0 Å². The van der Waals surface area contributed by atoms with Gasteiger partial charge in [-0.2, -0.15) is 0 Å². The summed E-state index contributed by atoms with van der Waals surface area (Å²) in [6, 6.07) is 3.95. The first-order valence-corrected chi connectivity index (χ1v) is 8.07. The van der Waals surface area contributed by atoms with Gasteiger partial charge in [0.25, 0.3) is 0 Å². The van der Waals surface area contributed by atoms with Gasteiger partial charge in [0.05, 0.1) is 6.54 Å². The van der Waals surface area contributed by atoms with Crippen LogP contribution < -0.4 is 0 Å². The Labute approximate surface area is 136 Å². The zero-order valence-corrected chi connectivity index (χ0v) is 13.5. The molecule has 1 fully saturated rings. The van der Waals surface area contributed by atoms with Gasteiger partial charge in [0.2, 0.25) is 5.91 Å². The summed E-state index contributed by atoms with van der Waals surface area (Å²) in [6.07, 6.45) is 9.34. The van der Waals surface area contributed by atoms with Gasteiger partial charge in [-0.1, -0.05) is 6.07 Å². The van der Waals surface area contributed by atoms with Crippen LogP contribution in [-0.4, -0.2) is 57.3 Å². The first-order chi connectivity index (χ1) is 11.2. The summed E-state index contributed by atoms with van der Waals surface area (Å²) < 4.78 is 0. The van der Waals surface area contributed by atoms with Crippen LogP contribution in [0.25, 0.3) is 0 Å². The van der Waals surface area contributed by atoms with Crippen LogP contribution in [-0.2, 0) is 11.3 Å². The number of hydrogen-bond donors (Lipinski definition) is 1. The van der Waals surface area contributed by atoms with Crippen molar-refractivity contribution in [1.82, 2.24) is 24.8 Å². The number of hydrogen-bond acceptors (Lipinski definition) is 4. The van der Waals surface area contributed by atoms with Gasteiger partial charge in [0.15, 0.2) is 0 Å². The Hall–Kier alpha value is -2.21. The summed E-state index contributed by atoms with van der Waals surface area (Å²) in [5.41, 5.74) is 1.12. The molecule has 1 atom stereocenters. The van der Waals surface area contributed by atoms with Gasteiger partial charge in [-0.05, 0) is 31.5 Å². The number of nitrogens with one attached hydrogen (secondary N) is 1. The number of pyridine rings is 1. The third-order valence-electron chi connectivity index (χ3n) is 4.26. The quantitative estimate of drug-likeness (QED) is 0.911. The van der Waals surface area contributed by atoms with Crippen molar-refractivity contribution in [3.05, 3.63) is 48.3 Å². The fraction of sp³-hybridized carbons (Fsp3) is 0.471. The maximum absolute atomic E-state index is 12.6. The number of nitrogens with zero attached hydrogens (tertiary/aromatic N) is 4. The molecular weight excluding hydrogens is 290 g/mol. The number of likely N-dealkylation sites (tertiary alicyclic amines) is 1. The highest BCUT2D eigenvalue weighted by molar-refractivity contribution is 5.78. The number of rotatable bonds is 5. The predicted octanol–water partition coefficient (Wildman–Crippen LogP) is 1.64. The summed E-state index contributed by atoms with van der Waals surface area (Å²) in [5.74, 6) is 1.50. The van der Waals surface area contributed by atoms with Crippen LogP contribution in [0.1, 0.15) is 30.1 Å². The summed E-state index contributed by atoms with van der Waals surface area (Å²) in [4.78, 5) is 28.2. The van der Waals surface area contributed by atoms with Gasteiger partial charge >= 0.3 is 0 Å². The van der Waals surface area contributed by atoms with E-state index in [1.165, 1.54) is 0 Å². The minimum Gasteiger partial charge on any atom is -0.348 e. The topological polar surface area (TPSA) is 65.1 Å². The minimum atomic E-state index is 0.188. The van der Waals surface area contributed by atoms with Gasteiger partial charge < -0.3 is 9.88 Å². The Morgan fingerprint density at radius 1 is 1.48 bits per heavy atom. The average molecular weight is 313 g/mol. The van der Waals surface area contributed by atoms with E-state index in [1.54, 1.807) is 12.4 Å². The number of piperidine rings is 1. The largest absolute Gasteiger partial charge is 0.348 e. The monoisotopic (exact) mass is 313 g/mol. The Kier molecular flexibility index (Phi) is 5.02. The van der Waals surface area contributed by atoms with Crippen molar-refractivity contribution in [1.29, 1.82) is 0 Å². The number of aromatic nitrogens is 3. The molecule has 0 spiro atoms. The molecule has 0 aliphatic carbocycles. The van der Waals surface area contributed by atoms with Crippen molar-refractivity contribution in [3.63, 3.8) is 0 Å². The highest BCUT2D eigenvalue weighted by Crippen LogP contribution is 2.24. The van der Waals surface area contributed by atoms with E-state index in [9.17, 15) is 4.79 Å². The molecule has 3 rings (SSSR count). The molecule has 6 heteroatoms. The van der Waals surface area contributed by atoms with Crippen LogP contribution >= 0.6 is 0 Å². The molecule has 1 N–H and O–H groups in total. The fourth-order valence-electron chi connectivity index (χ4n) is 3.12. The van der Waals surface area contributed by atoms with E-state index in [2.05, 4.69) is 15.0 Å². The average Bonchev–Trinajstić information content (AvgIpc) is 3.10. The number of H-pyrrole nitrogens is 1. The number of amides is 1. The smallest absolute Gasteiger partial charge is 0.236 e. The van der Waals surface area contributed by atoms with E-state index < -0.39 is 0 Å². The minimum absolute atomic E-state index is 0.188. The lowest BCUT2D eigenvalue weighted by molar-refractivity contribution is -0.133. The molecule has 0 aromatic carbocycles. The van der Waals surface area contributed by atoms with Gasteiger partial charge in [-0.3, -0.25) is 14.7 Å². The van der Waals surface area contributed by atoms with E-state index in [1.807, 2.05) is 41.4 Å². The molecule has 2 aromatic rings. The van der Waals surface area contributed by atoms with Crippen molar-refractivity contribution in [2.75, 3.05) is 26.7 Å². The molecule has 2 aromatic heterocycles. The molecule has 122 valence electrons. The van der Waals surface area contributed by atoms with Crippen molar-refractivity contribution in [2.24, 2.45) is 0 Å². The van der Waals surface area contributed by atoms with Crippen molar-refractivity contribution >= 4 is 5.91 Å². The highest BCUT2D eigenvalue weighted by Gasteiger charge is 2.26. The standard InChI is InChI=1S/C17H23N5O/c1-21(11-14-4-2-6-18-10-14)13-16(23)22-9-3-5-15(12-22)17-19-7-8-20-17/h2,4,6-8,10,15H,3,5,9,11-13H2,1H3,(H,19,20). The molecular formula is C17H23N5O. The lowest BCUT2D eigenvalue weighted by Crippen LogP contribution is -2.43. The second kappa shape index (κ2) is 7.37. The zero-order chi connectivity index (χ0) is 16.1. The molecule has 1 aliphatic rings. The lowest BCUT2D eigenvalue weighted by atomic mass is 9.97. The van der Waals surface area contributed by atoms with Crippen molar-refractivity contribution in [3.8, 4) is 0 Å². The SMILES string of the molecule is CN(CC(=O)N1CCCC(c2ncc[nH]2)C1)Cc1cccnc1. The second-order valence-corrected chi connectivity index (χ2v) is 6.19. The number of imidazole rings is 1. The maximum Gasteiger partial charge on any atom is 0.236 e. The summed E-state index contributed by atoms with van der Waals surface area (Å²) in [6.45, 7) is 2.76. The summed E-state index contributed by atoms with van der Waals surface area (Å²) in [7, 11) is 1.97. The zero-order valence-electron chi connectivity index (χ0n) is 13.5. The van der Waals surface area contributed by atoms with Gasteiger partial charge in [-0.15, -0.1) is 0 Å². The fourth-order valence-corrected chi connectivity index (χ4v) is 3.12. The summed E-state index contributed by atoms with van der Waals surface area (Å²) in [5, 5.41) is 0. The van der Waals surface area contributed by atoms with Crippen LogP contribution in [0.15, 0.2) is 36.9 Å². The normalized spacial score (nSPS) is 18.3. The molecule has 3 heterocycles. The highest BCUT2D eigenvalue weighted by atomic mass is 16.2. The van der Waals surface area contributed by atoms with Gasteiger partial charge in [0.1, 0.15) is 5.82 Å². The van der Waals surface area contributed by atoms with Gasteiger partial charge in [-0.25, -0.2) is 4.98 Å². The third kappa shape index (κ3) is 4.16. The Balaban J connectivity index is 1.53. The second-order valence-electron chi connectivity index (χ2n) is 6.19. The molecule has 0 radical (unpaired) electrons. The third-order valence-corrected chi connectivity index (χ3v) is 4.26. The van der Waals surface area contributed by atoms with Crippen LogP contribution in [0.3, 0.4) is 0 Å². The van der Waals surface area contributed by atoms with Crippen LogP contribution in [0.4, 0.5) is 0 Å². The first-order valence-electron chi connectivity index (χ1n) is 8.07. The van der Waals surface area contributed by atoms with E-state index in [4.69, 9.17) is 0 Å². The molecule has 0 bridgehead atoms. The molecule has 1 saturated heterocycles. The molecule has 6 nitrogen and oxygen atoms in total. The molecule has 23 heavy (non-hydrogen) atoms. The predicted molar refractivity (Wildman–Crippen MR) is 87.7 cm³/mol. The lowest BCUT2D eigenvalue weighted by Gasteiger charge is -2.33. The number of likely N-dealkylation sites (N-methyl/N-ethyl adjacent to an activating group) is 1. The van der Waals surface area contributed by atoms with Crippen molar-refractivity contribution < 1.29 is 4.79 Å². The number of carbonyl (C=O) groups excluding carboxylic acids is 1. The van der Waals surface area contributed by atoms with Gasteiger partial charge in [0, 0.05) is 50.3 Å². The van der Waals surface area contributed by atoms with E-state index in [-0.39, 0.29) is 5.91 Å². The molecule has 1 amide bonds. The molecule has 1 unspecified atom stereocenters. The van der Waals surface area contributed by atoms with E-state index >= 15 is 0 Å².